The molecule has 0 aliphatic carbocycles. The predicted molar refractivity (Wildman–Crippen MR) is 102 cm³/mol. The van der Waals surface area contributed by atoms with Crippen LogP contribution in [0.1, 0.15) is 33.3 Å². The highest BCUT2D eigenvalue weighted by Gasteiger charge is 2.34. The first-order valence-corrected chi connectivity index (χ1v) is 10.4. The molecule has 1 aromatic carbocycles. The second-order valence-corrected chi connectivity index (χ2v) is 8.70. The third-order valence-corrected chi connectivity index (χ3v) is 4.79. The van der Waals surface area contributed by atoms with Gasteiger partial charge in [-0.25, -0.2) is 0 Å². The van der Waals surface area contributed by atoms with Crippen LogP contribution in [0.5, 0.6) is 17.2 Å². The molecule has 2 atom stereocenters. The summed E-state index contributed by atoms with van der Waals surface area (Å²) in [4.78, 5) is 4.85. The van der Waals surface area contributed by atoms with E-state index < -0.39 is 10.1 Å². The van der Waals surface area contributed by atoms with Crippen molar-refractivity contribution < 1.29 is 22.1 Å². The molecule has 0 amide bonds. The Morgan fingerprint density at radius 3 is 1.92 bits per heavy atom. The zero-order valence-electron chi connectivity index (χ0n) is 16.4. The summed E-state index contributed by atoms with van der Waals surface area (Å²) in [6.45, 7) is 8.63. The van der Waals surface area contributed by atoms with Gasteiger partial charge in [0.1, 0.15) is 5.84 Å². The number of hydrogen-bond donors (Lipinski definition) is 1. The van der Waals surface area contributed by atoms with Crippen molar-refractivity contribution in [1.29, 1.82) is 0 Å². The summed E-state index contributed by atoms with van der Waals surface area (Å²) in [6, 6.07) is 3.80. The lowest BCUT2D eigenvalue weighted by Crippen LogP contribution is -2.41. The number of nitrogens with zero attached hydrogens (tertiary/aromatic N) is 1. The molecule has 26 heavy (non-hydrogen) atoms. The Balaban J connectivity index is 2.49. The van der Waals surface area contributed by atoms with E-state index in [-0.39, 0.29) is 29.3 Å². The predicted octanol–water partition coefficient (Wildman–Crippen LogP) is 2.44. The van der Waals surface area contributed by atoms with Gasteiger partial charge in [0, 0.05) is 5.56 Å². The fourth-order valence-electron chi connectivity index (χ4n) is 3.04. The molecule has 0 bridgehead atoms. The summed E-state index contributed by atoms with van der Waals surface area (Å²) in [5.41, 5.74) is 0.758. The summed E-state index contributed by atoms with van der Waals surface area (Å²) in [5.74, 6) is 2.11. The van der Waals surface area contributed by atoms with Gasteiger partial charge in [-0.15, -0.1) is 0 Å². The van der Waals surface area contributed by atoms with Crippen LogP contribution in [-0.2, 0) is 10.1 Å². The topological polar surface area (TPSA) is 86.2 Å². The molecule has 0 aromatic heterocycles. The van der Waals surface area contributed by atoms with Gasteiger partial charge < -0.3 is 19.0 Å². The van der Waals surface area contributed by atoms with Crippen molar-refractivity contribution in [2.45, 2.75) is 39.8 Å². The van der Waals surface area contributed by atoms with Gasteiger partial charge in [-0.2, -0.15) is 8.42 Å². The molecule has 0 fully saturated rings. The van der Waals surface area contributed by atoms with Crippen molar-refractivity contribution in [3.8, 4) is 17.2 Å². The van der Waals surface area contributed by atoms with Crippen LogP contribution in [-0.4, -0.2) is 46.8 Å². The summed E-state index contributed by atoms with van der Waals surface area (Å²) in [6.07, 6.45) is 0.975. The Morgan fingerprint density at radius 2 is 1.58 bits per heavy atom. The highest BCUT2D eigenvalue weighted by atomic mass is 32.2. The minimum absolute atomic E-state index is 0.0284. The molecule has 1 aromatic rings. The third-order valence-electron chi connectivity index (χ3n) is 4.32. The Hall–Kier alpha value is -1.96. The molecule has 1 aliphatic rings. The molecule has 8 heteroatoms. The number of ether oxygens (including phenoxy) is 2. The molecular formula is C18H28N2O5S. The van der Waals surface area contributed by atoms with E-state index >= 15 is 0 Å². The fraction of sp³-hybridized carbons (Fsp3) is 0.611. The van der Waals surface area contributed by atoms with Gasteiger partial charge in [-0.3, -0.25) is 4.99 Å². The molecule has 0 spiro atoms. The van der Waals surface area contributed by atoms with Crippen molar-refractivity contribution in [3.63, 3.8) is 0 Å². The molecule has 1 N–H and O–H groups in total. The van der Waals surface area contributed by atoms with Crippen LogP contribution in [0.15, 0.2) is 17.1 Å². The Bertz CT molecular complexity index is 762. The van der Waals surface area contributed by atoms with Crippen molar-refractivity contribution in [1.82, 2.24) is 5.32 Å². The SMILES string of the molecule is COc1cc(C2=NC(C(C)C)C(C(C)C)N2)cc(OC)c1OS(C)(=O)=O. The first kappa shape index (κ1) is 20.4. The Kier molecular flexibility index (Phi) is 6.05. The van der Waals surface area contributed by atoms with E-state index in [4.69, 9.17) is 18.6 Å². The standard InChI is InChI=1S/C18H28N2O5S/c1-10(2)15-16(11(3)4)20-18(19-15)12-8-13(23-5)17(14(9-12)24-6)25-26(7,21)22/h8-11,15-16H,1-7H3,(H,19,20). The van der Waals surface area contributed by atoms with Gasteiger partial charge in [-0.1, -0.05) is 27.7 Å². The van der Waals surface area contributed by atoms with Crippen LogP contribution in [0.3, 0.4) is 0 Å². The van der Waals surface area contributed by atoms with Gasteiger partial charge in [-0.05, 0) is 24.0 Å². The average molecular weight is 384 g/mol. The Labute approximate surface area is 155 Å². The van der Waals surface area contributed by atoms with Crippen LogP contribution in [0.4, 0.5) is 0 Å². The highest BCUT2D eigenvalue weighted by molar-refractivity contribution is 7.86. The second kappa shape index (κ2) is 7.73. The normalized spacial score (nSPS) is 20.1. The lowest BCUT2D eigenvalue weighted by Gasteiger charge is -2.24. The van der Waals surface area contributed by atoms with Gasteiger partial charge >= 0.3 is 10.1 Å². The van der Waals surface area contributed by atoms with E-state index in [0.717, 1.165) is 17.7 Å². The summed E-state index contributed by atoms with van der Waals surface area (Å²) >= 11 is 0. The lowest BCUT2D eigenvalue weighted by molar-refractivity contribution is 0.347. The largest absolute Gasteiger partial charge is 0.493 e. The zero-order chi connectivity index (χ0) is 19.6. The van der Waals surface area contributed by atoms with Crippen molar-refractivity contribution >= 4 is 16.0 Å². The molecular weight excluding hydrogens is 356 g/mol. The number of rotatable bonds is 7. The van der Waals surface area contributed by atoms with E-state index in [0.29, 0.717) is 11.8 Å². The first-order chi connectivity index (χ1) is 12.1. The van der Waals surface area contributed by atoms with Crippen molar-refractivity contribution in [2.24, 2.45) is 16.8 Å². The smallest absolute Gasteiger partial charge is 0.306 e. The van der Waals surface area contributed by atoms with Gasteiger partial charge in [0.05, 0.1) is 32.6 Å². The van der Waals surface area contributed by atoms with Gasteiger partial charge in [0.2, 0.25) is 5.75 Å². The molecule has 0 saturated carbocycles. The molecule has 146 valence electrons. The van der Waals surface area contributed by atoms with Crippen LogP contribution >= 0.6 is 0 Å². The molecule has 0 radical (unpaired) electrons. The molecule has 0 saturated heterocycles. The number of methoxy groups -OCH3 is 2. The zero-order valence-corrected chi connectivity index (χ0v) is 17.2. The van der Waals surface area contributed by atoms with Crippen LogP contribution in [0.2, 0.25) is 0 Å². The lowest BCUT2D eigenvalue weighted by atomic mass is 9.90. The third kappa shape index (κ3) is 4.41. The maximum absolute atomic E-state index is 11.5. The van der Waals surface area contributed by atoms with E-state index in [1.54, 1.807) is 12.1 Å². The maximum atomic E-state index is 11.5. The quantitative estimate of drug-likeness (QED) is 0.727. The second-order valence-electron chi connectivity index (χ2n) is 7.12. The van der Waals surface area contributed by atoms with E-state index in [2.05, 4.69) is 33.0 Å². The first-order valence-electron chi connectivity index (χ1n) is 8.57. The summed E-state index contributed by atoms with van der Waals surface area (Å²) < 4.78 is 38.8. The fourth-order valence-corrected chi connectivity index (χ4v) is 3.51. The monoisotopic (exact) mass is 384 g/mol. The molecule has 1 aliphatic heterocycles. The van der Waals surface area contributed by atoms with E-state index in [1.807, 2.05) is 0 Å². The molecule has 7 nitrogen and oxygen atoms in total. The minimum atomic E-state index is -3.72. The molecule has 1 heterocycles. The van der Waals surface area contributed by atoms with Crippen LogP contribution < -0.4 is 19.0 Å². The number of aliphatic imine (C=N–C) groups is 1. The van der Waals surface area contributed by atoms with Crippen molar-refractivity contribution in [3.05, 3.63) is 17.7 Å². The average Bonchev–Trinajstić information content (AvgIpc) is 2.99. The summed E-state index contributed by atoms with van der Waals surface area (Å²) in [5, 5.41) is 3.49. The van der Waals surface area contributed by atoms with E-state index in [9.17, 15) is 8.42 Å². The maximum Gasteiger partial charge on any atom is 0.306 e. The molecule has 2 unspecified atom stereocenters. The highest BCUT2D eigenvalue weighted by Crippen LogP contribution is 2.40. The molecule has 2 rings (SSSR count). The Morgan fingerprint density at radius 1 is 1.04 bits per heavy atom. The van der Waals surface area contributed by atoms with Crippen LogP contribution in [0.25, 0.3) is 0 Å². The number of hydrogen-bond acceptors (Lipinski definition) is 7. The number of amidine groups is 1. The number of nitrogens with one attached hydrogen (secondary N) is 1. The van der Waals surface area contributed by atoms with E-state index in [1.165, 1.54) is 14.2 Å². The van der Waals surface area contributed by atoms with Crippen LogP contribution in [0, 0.1) is 11.8 Å². The van der Waals surface area contributed by atoms with Gasteiger partial charge in [0.15, 0.2) is 11.5 Å². The summed E-state index contributed by atoms with van der Waals surface area (Å²) in [7, 11) is -0.820. The minimum Gasteiger partial charge on any atom is -0.493 e. The van der Waals surface area contributed by atoms with Gasteiger partial charge in [0.25, 0.3) is 0 Å². The van der Waals surface area contributed by atoms with Crippen molar-refractivity contribution in [2.75, 3.05) is 20.5 Å². The number of benzene rings is 1.